The Labute approximate surface area is 97.4 Å². The first-order valence-corrected chi connectivity index (χ1v) is 5.27. The van der Waals surface area contributed by atoms with Crippen LogP contribution in [0, 0.1) is 5.82 Å². The van der Waals surface area contributed by atoms with Crippen LogP contribution < -0.4 is 0 Å². The SMILES string of the molecule is CCOC(=O)CCc1c(F)cccc1C(F)F. The molecule has 0 bridgehead atoms. The van der Waals surface area contributed by atoms with Crippen molar-refractivity contribution in [3.8, 4) is 0 Å². The molecule has 1 aromatic rings. The number of alkyl halides is 2. The van der Waals surface area contributed by atoms with Gasteiger partial charge in [-0.15, -0.1) is 0 Å². The summed E-state index contributed by atoms with van der Waals surface area (Å²) in [6, 6.07) is 3.49. The second-order valence-electron chi connectivity index (χ2n) is 3.41. The molecular formula is C12H13F3O2. The molecule has 0 aliphatic rings. The molecule has 0 aliphatic heterocycles. The van der Waals surface area contributed by atoms with Crippen LogP contribution in [0.2, 0.25) is 0 Å². The predicted octanol–water partition coefficient (Wildman–Crippen LogP) is 3.26. The van der Waals surface area contributed by atoms with Gasteiger partial charge >= 0.3 is 5.97 Å². The van der Waals surface area contributed by atoms with Crippen LogP contribution in [-0.2, 0) is 16.0 Å². The number of carbonyl (C=O) groups excluding carboxylic acids is 1. The second-order valence-corrected chi connectivity index (χ2v) is 3.41. The number of hydrogen-bond donors (Lipinski definition) is 0. The van der Waals surface area contributed by atoms with Gasteiger partial charge in [-0.1, -0.05) is 12.1 Å². The van der Waals surface area contributed by atoms with Gasteiger partial charge < -0.3 is 4.74 Å². The van der Waals surface area contributed by atoms with Gasteiger partial charge in [0, 0.05) is 12.0 Å². The van der Waals surface area contributed by atoms with Crippen molar-refractivity contribution in [1.82, 2.24) is 0 Å². The van der Waals surface area contributed by atoms with E-state index in [2.05, 4.69) is 4.74 Å². The van der Waals surface area contributed by atoms with Gasteiger partial charge in [-0.05, 0) is 25.0 Å². The van der Waals surface area contributed by atoms with E-state index in [1.807, 2.05) is 0 Å². The van der Waals surface area contributed by atoms with Crippen LogP contribution in [0.3, 0.4) is 0 Å². The number of rotatable bonds is 5. The maximum atomic E-state index is 13.4. The highest BCUT2D eigenvalue weighted by Crippen LogP contribution is 2.25. The average molecular weight is 246 g/mol. The highest BCUT2D eigenvalue weighted by Gasteiger charge is 2.17. The smallest absolute Gasteiger partial charge is 0.306 e. The molecule has 0 spiro atoms. The average Bonchev–Trinajstić information content (AvgIpc) is 2.27. The number of esters is 1. The summed E-state index contributed by atoms with van der Waals surface area (Å²) in [7, 11) is 0. The third-order valence-electron chi connectivity index (χ3n) is 2.27. The highest BCUT2D eigenvalue weighted by molar-refractivity contribution is 5.69. The quantitative estimate of drug-likeness (QED) is 0.745. The number of halogens is 3. The molecule has 1 aromatic carbocycles. The van der Waals surface area contributed by atoms with Gasteiger partial charge in [0.15, 0.2) is 0 Å². The Morgan fingerprint density at radius 2 is 2.12 bits per heavy atom. The normalized spacial score (nSPS) is 10.6. The first-order valence-electron chi connectivity index (χ1n) is 5.27. The van der Waals surface area contributed by atoms with Gasteiger partial charge in [0.2, 0.25) is 0 Å². The Morgan fingerprint density at radius 3 is 2.71 bits per heavy atom. The molecular weight excluding hydrogens is 233 g/mol. The van der Waals surface area contributed by atoms with Crippen molar-refractivity contribution in [2.24, 2.45) is 0 Å². The Hall–Kier alpha value is -1.52. The molecule has 0 aliphatic carbocycles. The second kappa shape index (κ2) is 6.27. The van der Waals surface area contributed by atoms with Crippen molar-refractivity contribution >= 4 is 5.97 Å². The van der Waals surface area contributed by atoms with E-state index >= 15 is 0 Å². The van der Waals surface area contributed by atoms with Crippen molar-refractivity contribution < 1.29 is 22.7 Å². The van der Waals surface area contributed by atoms with E-state index in [1.54, 1.807) is 6.92 Å². The molecule has 0 saturated heterocycles. The number of carbonyl (C=O) groups is 1. The predicted molar refractivity (Wildman–Crippen MR) is 56.3 cm³/mol. The van der Waals surface area contributed by atoms with Crippen molar-refractivity contribution in [2.75, 3.05) is 6.61 Å². The third-order valence-corrected chi connectivity index (χ3v) is 2.27. The van der Waals surface area contributed by atoms with Gasteiger partial charge in [-0.2, -0.15) is 0 Å². The monoisotopic (exact) mass is 246 g/mol. The lowest BCUT2D eigenvalue weighted by molar-refractivity contribution is -0.143. The summed E-state index contributed by atoms with van der Waals surface area (Å²) in [6.07, 6.45) is -2.93. The summed E-state index contributed by atoms with van der Waals surface area (Å²) < 4.78 is 43.2. The topological polar surface area (TPSA) is 26.3 Å². The molecule has 0 amide bonds. The third kappa shape index (κ3) is 3.76. The first-order chi connectivity index (χ1) is 8.06. The van der Waals surface area contributed by atoms with Crippen molar-refractivity contribution in [3.05, 3.63) is 35.1 Å². The maximum absolute atomic E-state index is 13.4. The Bertz CT molecular complexity index is 391. The van der Waals surface area contributed by atoms with Crippen LogP contribution >= 0.6 is 0 Å². The number of benzene rings is 1. The fourth-order valence-corrected chi connectivity index (χ4v) is 1.50. The molecule has 0 unspecified atom stereocenters. The molecule has 0 radical (unpaired) electrons. The van der Waals surface area contributed by atoms with Crippen LogP contribution in [0.4, 0.5) is 13.2 Å². The zero-order chi connectivity index (χ0) is 12.8. The fourth-order valence-electron chi connectivity index (χ4n) is 1.50. The van der Waals surface area contributed by atoms with E-state index in [-0.39, 0.29) is 30.6 Å². The molecule has 2 nitrogen and oxygen atoms in total. The van der Waals surface area contributed by atoms with Crippen molar-refractivity contribution in [2.45, 2.75) is 26.2 Å². The van der Waals surface area contributed by atoms with E-state index in [0.29, 0.717) is 0 Å². The summed E-state index contributed by atoms with van der Waals surface area (Å²) in [5, 5.41) is 0. The Morgan fingerprint density at radius 1 is 1.41 bits per heavy atom. The molecule has 5 heteroatoms. The zero-order valence-electron chi connectivity index (χ0n) is 9.38. The minimum atomic E-state index is -2.75. The minimum absolute atomic E-state index is 0.0782. The molecule has 0 heterocycles. The summed E-state index contributed by atoms with van der Waals surface area (Å²) in [5.74, 6) is -1.23. The lowest BCUT2D eigenvalue weighted by Gasteiger charge is -2.09. The number of ether oxygens (including phenoxy) is 1. The molecule has 0 N–H and O–H groups in total. The van der Waals surface area contributed by atoms with E-state index in [1.165, 1.54) is 6.07 Å². The summed E-state index contributed by atoms with van der Waals surface area (Å²) in [5.41, 5.74) is -0.482. The molecule has 0 atom stereocenters. The van der Waals surface area contributed by atoms with E-state index in [9.17, 15) is 18.0 Å². The van der Waals surface area contributed by atoms with Gasteiger partial charge in [-0.25, -0.2) is 13.2 Å². The molecule has 17 heavy (non-hydrogen) atoms. The fraction of sp³-hybridized carbons (Fsp3) is 0.417. The van der Waals surface area contributed by atoms with Crippen LogP contribution in [0.1, 0.15) is 30.9 Å². The van der Waals surface area contributed by atoms with Gasteiger partial charge in [0.1, 0.15) is 5.82 Å². The molecule has 0 saturated carbocycles. The molecule has 1 rings (SSSR count). The highest BCUT2D eigenvalue weighted by atomic mass is 19.3. The summed E-state index contributed by atoms with van der Waals surface area (Å²) in [4.78, 5) is 11.1. The first kappa shape index (κ1) is 13.5. The van der Waals surface area contributed by atoms with Gasteiger partial charge in [0.05, 0.1) is 6.61 Å². The largest absolute Gasteiger partial charge is 0.466 e. The molecule has 94 valence electrons. The summed E-state index contributed by atoms with van der Waals surface area (Å²) in [6.45, 7) is 1.86. The van der Waals surface area contributed by atoms with Gasteiger partial charge in [0.25, 0.3) is 6.43 Å². The minimum Gasteiger partial charge on any atom is -0.466 e. The zero-order valence-corrected chi connectivity index (χ0v) is 9.38. The van der Waals surface area contributed by atoms with Crippen LogP contribution in [0.5, 0.6) is 0 Å². The Kier molecular flexibility index (Phi) is 5.00. The van der Waals surface area contributed by atoms with Crippen molar-refractivity contribution in [1.29, 1.82) is 0 Å². The van der Waals surface area contributed by atoms with Crippen LogP contribution in [0.25, 0.3) is 0 Å². The summed E-state index contributed by atoms with van der Waals surface area (Å²) >= 11 is 0. The lowest BCUT2D eigenvalue weighted by Crippen LogP contribution is -2.07. The van der Waals surface area contributed by atoms with Gasteiger partial charge in [-0.3, -0.25) is 4.79 Å². The van der Waals surface area contributed by atoms with E-state index < -0.39 is 18.2 Å². The lowest BCUT2D eigenvalue weighted by atomic mass is 10.0. The van der Waals surface area contributed by atoms with Crippen molar-refractivity contribution in [3.63, 3.8) is 0 Å². The van der Waals surface area contributed by atoms with E-state index in [0.717, 1.165) is 12.1 Å². The standard InChI is InChI=1S/C12H13F3O2/c1-2-17-11(16)7-6-8-9(12(14)15)4-3-5-10(8)13/h3-5,12H,2,6-7H2,1H3. The van der Waals surface area contributed by atoms with Crippen LogP contribution in [0.15, 0.2) is 18.2 Å². The Balaban J connectivity index is 2.79. The molecule has 0 aromatic heterocycles. The van der Waals surface area contributed by atoms with Crippen LogP contribution in [-0.4, -0.2) is 12.6 Å². The maximum Gasteiger partial charge on any atom is 0.306 e. The number of hydrogen-bond acceptors (Lipinski definition) is 2. The van der Waals surface area contributed by atoms with E-state index in [4.69, 9.17) is 0 Å². The molecule has 0 fully saturated rings.